The van der Waals surface area contributed by atoms with Gasteiger partial charge in [-0.1, -0.05) is 18.5 Å². The lowest BCUT2D eigenvalue weighted by atomic mass is 10.1. The summed E-state index contributed by atoms with van der Waals surface area (Å²) in [5.74, 6) is -1.80. The number of nitrogens with two attached hydrogens (primary N) is 1. The summed E-state index contributed by atoms with van der Waals surface area (Å²) in [4.78, 5) is 46.7. The Kier molecular flexibility index (Phi) is 6.19. The van der Waals surface area contributed by atoms with Crippen LogP contribution in [-0.2, 0) is 19.2 Å². The molecular formula is C16H19N5O5S2. The van der Waals surface area contributed by atoms with E-state index in [9.17, 15) is 14.4 Å². The highest BCUT2D eigenvalue weighted by Gasteiger charge is 2.50. The van der Waals surface area contributed by atoms with Crippen LogP contribution in [0.5, 0.6) is 0 Å². The molecule has 1 aromatic heterocycles. The number of carbonyl (C=O) groups is 3. The molecule has 0 saturated carbocycles. The molecule has 12 heteroatoms. The largest absolute Gasteiger partial charge is 0.478 e. The lowest BCUT2D eigenvalue weighted by molar-refractivity contribution is -0.144. The van der Waals surface area contributed by atoms with E-state index in [2.05, 4.69) is 15.5 Å². The molecule has 4 N–H and O–H groups in total. The lowest BCUT2D eigenvalue weighted by Crippen LogP contribution is -2.69. The van der Waals surface area contributed by atoms with Crippen molar-refractivity contribution >= 4 is 51.7 Å². The van der Waals surface area contributed by atoms with Gasteiger partial charge in [-0.25, -0.2) is 9.78 Å². The number of nitrogen functional groups attached to an aromatic ring is 1. The number of aromatic nitrogens is 1. The van der Waals surface area contributed by atoms with Crippen LogP contribution in [-0.4, -0.2) is 62.3 Å². The van der Waals surface area contributed by atoms with Crippen LogP contribution >= 0.6 is 23.1 Å². The average molecular weight is 425 g/mol. The highest BCUT2D eigenvalue weighted by molar-refractivity contribution is 8.00. The van der Waals surface area contributed by atoms with Crippen LogP contribution in [0.4, 0.5) is 5.13 Å². The zero-order valence-corrected chi connectivity index (χ0v) is 16.6. The molecular weight excluding hydrogens is 406 g/mol. The SMILES string of the molecule is CCCCON=C(C(=O)NC1C(=O)N2C=C(C(=O)O)CS[C@H]12)c1csc(N)n1. The van der Waals surface area contributed by atoms with E-state index in [1.807, 2.05) is 6.92 Å². The molecule has 3 heterocycles. The number of aliphatic carboxylic acids is 1. The first kappa shape index (κ1) is 20.1. The van der Waals surface area contributed by atoms with Crippen LogP contribution in [0.25, 0.3) is 0 Å². The predicted octanol–water partition coefficient (Wildman–Crippen LogP) is 0.615. The van der Waals surface area contributed by atoms with E-state index in [1.54, 1.807) is 5.38 Å². The summed E-state index contributed by atoms with van der Waals surface area (Å²) >= 11 is 2.44. The van der Waals surface area contributed by atoms with Crippen LogP contribution in [0.3, 0.4) is 0 Å². The first-order valence-electron chi connectivity index (χ1n) is 8.52. The van der Waals surface area contributed by atoms with E-state index in [0.29, 0.717) is 6.61 Å². The number of oxime groups is 1. The Balaban J connectivity index is 1.71. The summed E-state index contributed by atoms with van der Waals surface area (Å²) < 4.78 is 0. The molecule has 0 aliphatic carbocycles. The van der Waals surface area contributed by atoms with Crippen LogP contribution in [0.15, 0.2) is 22.3 Å². The molecule has 0 aromatic carbocycles. The fourth-order valence-electron chi connectivity index (χ4n) is 2.56. The zero-order valence-electron chi connectivity index (χ0n) is 15.0. The van der Waals surface area contributed by atoms with Gasteiger partial charge >= 0.3 is 5.97 Å². The highest BCUT2D eigenvalue weighted by Crippen LogP contribution is 2.36. The second-order valence-corrected chi connectivity index (χ2v) is 8.05. The maximum Gasteiger partial charge on any atom is 0.333 e. The monoisotopic (exact) mass is 425 g/mol. The molecule has 1 unspecified atom stereocenters. The molecule has 10 nitrogen and oxygen atoms in total. The Labute approximate surface area is 168 Å². The van der Waals surface area contributed by atoms with Gasteiger partial charge in [0.1, 0.15) is 23.7 Å². The zero-order chi connectivity index (χ0) is 20.3. The molecule has 1 saturated heterocycles. The van der Waals surface area contributed by atoms with Gasteiger partial charge in [0.2, 0.25) is 0 Å². The van der Waals surface area contributed by atoms with Crippen LogP contribution in [0, 0.1) is 0 Å². The maximum atomic E-state index is 12.7. The number of nitrogens with zero attached hydrogens (tertiary/aromatic N) is 3. The fourth-order valence-corrected chi connectivity index (χ4v) is 4.36. The number of rotatable bonds is 8. The van der Waals surface area contributed by atoms with Crippen molar-refractivity contribution in [2.45, 2.75) is 31.2 Å². The van der Waals surface area contributed by atoms with E-state index in [0.717, 1.165) is 24.2 Å². The number of fused-ring (bicyclic) bond motifs is 1. The molecule has 2 atom stereocenters. The smallest absolute Gasteiger partial charge is 0.333 e. The molecule has 1 fully saturated rings. The lowest BCUT2D eigenvalue weighted by Gasteiger charge is -2.46. The van der Waals surface area contributed by atoms with Crippen molar-refractivity contribution in [3.8, 4) is 0 Å². The van der Waals surface area contributed by atoms with Crippen molar-refractivity contribution in [1.82, 2.24) is 15.2 Å². The Bertz CT molecular complexity index is 852. The number of thiazole rings is 1. The van der Waals surface area contributed by atoms with Crippen molar-refractivity contribution in [1.29, 1.82) is 0 Å². The van der Waals surface area contributed by atoms with Gasteiger partial charge in [0.05, 0.1) is 5.57 Å². The number of unbranched alkanes of at least 4 members (excludes halogenated alkanes) is 1. The van der Waals surface area contributed by atoms with Crippen LogP contribution in [0.1, 0.15) is 25.5 Å². The number of amides is 2. The van der Waals surface area contributed by atoms with Gasteiger partial charge < -0.3 is 25.9 Å². The first-order chi connectivity index (χ1) is 13.4. The minimum absolute atomic E-state index is 0.0575. The number of β-lactam (4-membered cyclic amide) rings is 1. The third kappa shape index (κ3) is 4.12. The van der Waals surface area contributed by atoms with Gasteiger partial charge in [-0.15, -0.1) is 23.1 Å². The van der Waals surface area contributed by atoms with E-state index < -0.39 is 17.9 Å². The van der Waals surface area contributed by atoms with Crippen molar-refractivity contribution < 1.29 is 24.3 Å². The van der Waals surface area contributed by atoms with Gasteiger partial charge in [0.25, 0.3) is 11.8 Å². The Hall–Kier alpha value is -2.60. The maximum absolute atomic E-state index is 12.7. The number of carboxylic acids is 1. The van der Waals surface area contributed by atoms with Crippen molar-refractivity contribution in [3.05, 3.63) is 22.8 Å². The molecule has 2 amide bonds. The van der Waals surface area contributed by atoms with Gasteiger partial charge in [-0.05, 0) is 6.42 Å². The minimum Gasteiger partial charge on any atom is -0.478 e. The Morgan fingerprint density at radius 1 is 1.54 bits per heavy atom. The van der Waals surface area contributed by atoms with E-state index >= 15 is 0 Å². The number of hydrogen-bond acceptors (Lipinski definition) is 9. The highest BCUT2D eigenvalue weighted by atomic mass is 32.2. The molecule has 0 bridgehead atoms. The Morgan fingerprint density at radius 3 is 2.96 bits per heavy atom. The number of hydrogen-bond donors (Lipinski definition) is 3. The molecule has 0 radical (unpaired) electrons. The third-order valence-electron chi connectivity index (χ3n) is 4.07. The Morgan fingerprint density at radius 2 is 2.32 bits per heavy atom. The number of carboxylic acid groups (broad SMARTS) is 1. The standard InChI is InChI=1S/C16H19N5O5S2/c1-2-3-4-26-20-10(9-7-28-16(17)18-9)12(22)19-11-13(23)21-5-8(15(24)25)6-27-14(11)21/h5,7,11,14H,2-4,6H2,1H3,(H2,17,18)(H,19,22)(H,24,25)/t11?,14-/m1/s1. The van der Waals surface area contributed by atoms with Gasteiger partial charge in [-0.3, -0.25) is 9.59 Å². The summed E-state index contributed by atoms with van der Waals surface area (Å²) in [5, 5.41) is 17.1. The van der Waals surface area contributed by atoms with Gasteiger partial charge in [0.15, 0.2) is 10.8 Å². The summed E-state index contributed by atoms with van der Waals surface area (Å²) in [7, 11) is 0. The normalized spacial score (nSPS) is 21.5. The number of nitrogens with one attached hydrogen (secondary N) is 1. The predicted molar refractivity (Wildman–Crippen MR) is 105 cm³/mol. The first-order valence-corrected chi connectivity index (χ1v) is 10.4. The van der Waals surface area contributed by atoms with Gasteiger partial charge in [-0.2, -0.15) is 0 Å². The molecule has 150 valence electrons. The second kappa shape index (κ2) is 8.61. The fraction of sp³-hybridized carbons (Fsp3) is 0.438. The minimum atomic E-state index is -1.06. The topological polar surface area (TPSA) is 147 Å². The van der Waals surface area contributed by atoms with Crippen LogP contribution < -0.4 is 11.1 Å². The van der Waals surface area contributed by atoms with E-state index in [4.69, 9.17) is 15.7 Å². The summed E-state index contributed by atoms with van der Waals surface area (Å²) in [6, 6.07) is -0.777. The van der Waals surface area contributed by atoms with E-state index in [1.165, 1.54) is 22.9 Å². The van der Waals surface area contributed by atoms with Gasteiger partial charge in [0, 0.05) is 17.3 Å². The second-order valence-electron chi connectivity index (χ2n) is 6.06. The van der Waals surface area contributed by atoms with Crippen molar-refractivity contribution in [3.63, 3.8) is 0 Å². The number of carbonyl (C=O) groups excluding carboxylic acids is 2. The summed E-state index contributed by atoms with van der Waals surface area (Å²) in [6.45, 7) is 2.35. The average Bonchev–Trinajstić information content (AvgIpc) is 3.11. The van der Waals surface area contributed by atoms with E-state index in [-0.39, 0.29) is 39.1 Å². The molecule has 28 heavy (non-hydrogen) atoms. The number of anilines is 1. The van der Waals surface area contributed by atoms with Crippen LogP contribution in [0.2, 0.25) is 0 Å². The molecule has 0 spiro atoms. The van der Waals surface area contributed by atoms with Crippen molar-refractivity contribution in [2.75, 3.05) is 18.1 Å². The molecule has 1 aromatic rings. The molecule has 3 rings (SSSR count). The van der Waals surface area contributed by atoms with Crippen molar-refractivity contribution in [2.24, 2.45) is 5.16 Å². The summed E-state index contributed by atoms with van der Waals surface area (Å²) in [6.07, 6.45) is 3.01. The molecule has 2 aliphatic heterocycles. The quantitative estimate of drug-likeness (QED) is 0.238. The number of thioether (sulfide) groups is 1. The third-order valence-corrected chi connectivity index (χ3v) is 6.06. The molecule has 2 aliphatic rings. The summed E-state index contributed by atoms with van der Waals surface area (Å²) in [5.41, 5.74) is 5.99.